The first-order chi connectivity index (χ1) is 10.5. The van der Waals surface area contributed by atoms with Gasteiger partial charge in [0.1, 0.15) is 22.5 Å². The molecule has 2 aliphatic carbocycles. The number of halogens is 6. The largest absolute Gasteiger partial charge is 0.465 e. The molecule has 0 aliphatic heterocycles. The Morgan fingerprint density at radius 3 is 2.30 bits per heavy atom. The second kappa shape index (κ2) is 6.81. The fraction of sp³-hybridized carbons (Fsp3) is 0.692. The standard InChI is InChI=1S/C13H14Cl6O4/c1-6(23-5-8(21)3-20)22-4-7-2-11(16)9(14)10(15)12(7,17)13(11,18)19/h7-8,20-21H,1-5H2. The van der Waals surface area contributed by atoms with Gasteiger partial charge in [0, 0.05) is 5.92 Å². The Hall–Kier alpha value is 0.740. The first-order valence-corrected chi connectivity index (χ1v) is 8.84. The van der Waals surface area contributed by atoms with E-state index in [0.717, 1.165) is 0 Å². The summed E-state index contributed by atoms with van der Waals surface area (Å²) in [4.78, 5) is -2.68. The summed E-state index contributed by atoms with van der Waals surface area (Å²) in [6.45, 7) is 2.98. The van der Waals surface area contributed by atoms with Crippen molar-refractivity contribution in [3.8, 4) is 0 Å². The quantitative estimate of drug-likeness (QED) is 0.462. The predicted molar refractivity (Wildman–Crippen MR) is 92.6 cm³/mol. The Morgan fingerprint density at radius 1 is 1.22 bits per heavy atom. The van der Waals surface area contributed by atoms with Crippen molar-refractivity contribution >= 4 is 69.6 Å². The fourth-order valence-electron chi connectivity index (χ4n) is 2.68. The molecule has 10 heteroatoms. The fourth-order valence-corrected chi connectivity index (χ4v) is 5.51. The van der Waals surface area contributed by atoms with Gasteiger partial charge in [-0.15, -0.1) is 23.2 Å². The molecule has 2 N–H and O–H groups in total. The first-order valence-electron chi connectivity index (χ1n) is 6.57. The molecule has 0 aromatic carbocycles. The van der Waals surface area contributed by atoms with Gasteiger partial charge in [-0.3, -0.25) is 0 Å². The number of aliphatic hydroxyl groups is 2. The van der Waals surface area contributed by atoms with Gasteiger partial charge in [-0.25, -0.2) is 0 Å². The summed E-state index contributed by atoms with van der Waals surface area (Å²) in [7, 11) is 0. The molecule has 2 bridgehead atoms. The van der Waals surface area contributed by atoms with Crippen molar-refractivity contribution in [3.63, 3.8) is 0 Å². The van der Waals surface area contributed by atoms with Crippen molar-refractivity contribution in [2.24, 2.45) is 5.92 Å². The van der Waals surface area contributed by atoms with Crippen LogP contribution in [-0.4, -0.2) is 50.2 Å². The highest BCUT2D eigenvalue weighted by atomic mass is 35.5. The maximum absolute atomic E-state index is 9.20. The number of hydrogen-bond donors (Lipinski definition) is 2. The van der Waals surface area contributed by atoms with E-state index in [1.807, 2.05) is 0 Å². The van der Waals surface area contributed by atoms with E-state index in [2.05, 4.69) is 6.58 Å². The molecular formula is C13H14Cl6O4. The lowest BCUT2D eigenvalue weighted by atomic mass is 9.93. The van der Waals surface area contributed by atoms with Crippen LogP contribution in [0.2, 0.25) is 0 Å². The number of hydrogen-bond acceptors (Lipinski definition) is 4. The average molecular weight is 447 g/mol. The van der Waals surface area contributed by atoms with Gasteiger partial charge in [0.2, 0.25) is 0 Å². The second-order valence-corrected chi connectivity index (χ2v) is 8.77. The van der Waals surface area contributed by atoms with E-state index < -0.39 is 32.7 Å². The van der Waals surface area contributed by atoms with Crippen LogP contribution in [0.4, 0.5) is 0 Å². The summed E-state index contributed by atoms with van der Waals surface area (Å²) in [5.41, 5.74) is 0. The minimum Gasteiger partial charge on any atom is -0.465 e. The van der Waals surface area contributed by atoms with E-state index in [4.69, 9.17) is 84.2 Å². The molecule has 0 aromatic heterocycles. The summed E-state index contributed by atoms with van der Waals surface area (Å²) >= 11 is 38.1. The van der Waals surface area contributed by atoms with Gasteiger partial charge in [0.05, 0.1) is 23.3 Å². The lowest BCUT2D eigenvalue weighted by molar-refractivity contribution is -0.0286. The zero-order valence-corrected chi connectivity index (χ0v) is 16.2. The molecule has 0 aromatic rings. The average Bonchev–Trinajstić information content (AvgIpc) is 2.72. The molecule has 0 radical (unpaired) electrons. The lowest BCUT2D eigenvalue weighted by Crippen LogP contribution is -2.45. The molecule has 1 saturated carbocycles. The Balaban J connectivity index is 2.03. The Morgan fingerprint density at radius 2 is 1.83 bits per heavy atom. The number of fused-ring (bicyclic) bond motifs is 2. The van der Waals surface area contributed by atoms with Crippen molar-refractivity contribution in [1.29, 1.82) is 0 Å². The molecule has 4 atom stereocenters. The van der Waals surface area contributed by atoms with Crippen LogP contribution in [0.3, 0.4) is 0 Å². The highest BCUT2D eigenvalue weighted by Crippen LogP contribution is 2.74. The summed E-state index contributed by atoms with van der Waals surface area (Å²) in [6, 6.07) is 0. The third kappa shape index (κ3) is 2.93. The Kier molecular flexibility index (Phi) is 5.93. The van der Waals surface area contributed by atoms with Gasteiger partial charge in [0.15, 0.2) is 4.33 Å². The van der Waals surface area contributed by atoms with Crippen LogP contribution >= 0.6 is 69.6 Å². The normalized spacial score (nSPS) is 36.3. The third-order valence-corrected chi connectivity index (χ3v) is 8.32. The number of alkyl halides is 4. The minimum atomic E-state index is -1.60. The van der Waals surface area contributed by atoms with Gasteiger partial charge in [-0.05, 0) is 13.0 Å². The molecule has 0 spiro atoms. The molecular weight excluding hydrogens is 433 g/mol. The highest BCUT2D eigenvalue weighted by molar-refractivity contribution is 6.65. The molecule has 0 heterocycles. The summed E-state index contributed by atoms with van der Waals surface area (Å²) in [5, 5.41) is 18.1. The van der Waals surface area contributed by atoms with E-state index in [9.17, 15) is 5.11 Å². The number of allylic oxidation sites excluding steroid dienone is 2. The van der Waals surface area contributed by atoms with Crippen molar-refractivity contribution in [1.82, 2.24) is 0 Å². The maximum Gasteiger partial charge on any atom is 0.271 e. The van der Waals surface area contributed by atoms with E-state index in [0.29, 0.717) is 0 Å². The number of ether oxygens (including phenoxy) is 2. The van der Waals surface area contributed by atoms with E-state index in [-0.39, 0.29) is 35.6 Å². The molecule has 1 fully saturated rings. The predicted octanol–water partition coefficient (Wildman–Crippen LogP) is 3.70. The van der Waals surface area contributed by atoms with Crippen LogP contribution in [0, 0.1) is 5.92 Å². The summed E-state index contributed by atoms with van der Waals surface area (Å²) < 4.78 is 8.82. The third-order valence-electron chi connectivity index (χ3n) is 4.00. The zero-order chi connectivity index (χ0) is 17.6. The highest BCUT2D eigenvalue weighted by Gasteiger charge is 2.78. The van der Waals surface area contributed by atoms with Crippen LogP contribution in [0.25, 0.3) is 0 Å². The molecule has 23 heavy (non-hydrogen) atoms. The second-order valence-electron chi connectivity index (χ2n) is 5.45. The smallest absolute Gasteiger partial charge is 0.271 e. The van der Waals surface area contributed by atoms with Gasteiger partial charge < -0.3 is 19.7 Å². The van der Waals surface area contributed by atoms with Crippen LogP contribution in [0.5, 0.6) is 0 Å². The van der Waals surface area contributed by atoms with Crippen molar-refractivity contribution in [3.05, 3.63) is 22.6 Å². The molecule has 2 aliphatic rings. The van der Waals surface area contributed by atoms with Crippen molar-refractivity contribution < 1.29 is 19.7 Å². The SMILES string of the molecule is C=C(OCC(O)CO)OCC1CC2(Cl)C(Cl)=C(Cl)C1(Cl)C2(Cl)Cl. The lowest BCUT2D eigenvalue weighted by Gasteiger charge is -2.33. The van der Waals surface area contributed by atoms with Crippen molar-refractivity contribution in [2.45, 2.75) is 26.6 Å². The van der Waals surface area contributed by atoms with E-state index >= 15 is 0 Å². The van der Waals surface area contributed by atoms with E-state index in [1.165, 1.54) is 0 Å². The minimum absolute atomic E-state index is 0.0353. The van der Waals surface area contributed by atoms with Gasteiger partial charge >= 0.3 is 0 Å². The van der Waals surface area contributed by atoms with Crippen molar-refractivity contribution in [2.75, 3.05) is 19.8 Å². The maximum atomic E-state index is 9.20. The summed E-state index contributed by atoms with van der Waals surface area (Å²) in [6.07, 6.45) is -0.773. The summed E-state index contributed by atoms with van der Waals surface area (Å²) in [5.74, 6) is -0.486. The molecule has 0 amide bonds. The number of aliphatic hydroxyl groups excluding tert-OH is 2. The molecule has 132 valence electrons. The zero-order valence-electron chi connectivity index (χ0n) is 11.7. The number of rotatable bonds is 7. The van der Waals surface area contributed by atoms with Crippen LogP contribution < -0.4 is 0 Å². The van der Waals surface area contributed by atoms with Crippen LogP contribution in [-0.2, 0) is 9.47 Å². The van der Waals surface area contributed by atoms with Crippen LogP contribution in [0.1, 0.15) is 6.42 Å². The molecule has 4 nitrogen and oxygen atoms in total. The Bertz CT molecular complexity index is 539. The monoisotopic (exact) mass is 444 g/mol. The van der Waals surface area contributed by atoms with Gasteiger partial charge in [-0.1, -0.05) is 46.4 Å². The van der Waals surface area contributed by atoms with Crippen LogP contribution in [0.15, 0.2) is 22.6 Å². The molecule has 4 unspecified atom stereocenters. The Labute approximate surface area is 163 Å². The van der Waals surface area contributed by atoms with E-state index in [1.54, 1.807) is 0 Å². The van der Waals surface area contributed by atoms with Gasteiger partial charge in [0.25, 0.3) is 5.95 Å². The first kappa shape index (κ1) is 20.1. The van der Waals surface area contributed by atoms with Gasteiger partial charge in [-0.2, -0.15) is 0 Å². The topological polar surface area (TPSA) is 58.9 Å². The molecule has 0 saturated heterocycles. The molecule has 2 rings (SSSR count).